The van der Waals surface area contributed by atoms with Crippen LogP contribution in [-0.2, 0) is 16.1 Å². The van der Waals surface area contributed by atoms with Crippen molar-refractivity contribution in [2.75, 3.05) is 0 Å². The van der Waals surface area contributed by atoms with Crippen molar-refractivity contribution >= 4 is 23.3 Å². The first-order valence-corrected chi connectivity index (χ1v) is 5.53. The molecule has 6 nitrogen and oxygen atoms in total. The minimum Gasteiger partial charge on any atom is -0.473 e. The maximum absolute atomic E-state index is 10.9. The van der Waals surface area contributed by atoms with Gasteiger partial charge in [-0.2, -0.15) is 0 Å². The zero-order chi connectivity index (χ0) is 12.3. The molecule has 0 bridgehead atoms. The monoisotopic (exact) mass is 252 g/mol. The van der Waals surface area contributed by atoms with E-state index in [2.05, 4.69) is 9.72 Å². The average molecular weight is 252 g/mol. The fourth-order valence-electron chi connectivity index (χ4n) is 1.22. The second-order valence-electron chi connectivity index (χ2n) is 3.11. The lowest BCUT2D eigenvalue weighted by atomic mass is 10.4. The highest BCUT2D eigenvalue weighted by molar-refractivity contribution is 7.09. The number of thiophene rings is 1. The standard InChI is InChI=1S/C10H8N2O4S/c13-8(14)9(15)16-10-11-3-4-12(10)6-7-2-1-5-17-7/h1-5H,6H2,(H,13,14). The van der Waals surface area contributed by atoms with Gasteiger partial charge in [0.05, 0.1) is 6.54 Å². The van der Waals surface area contributed by atoms with E-state index in [-0.39, 0.29) is 6.01 Å². The van der Waals surface area contributed by atoms with E-state index in [1.54, 1.807) is 22.1 Å². The van der Waals surface area contributed by atoms with Gasteiger partial charge in [-0.3, -0.25) is 4.57 Å². The van der Waals surface area contributed by atoms with Gasteiger partial charge in [0, 0.05) is 17.3 Å². The molecule has 1 N–H and O–H groups in total. The van der Waals surface area contributed by atoms with Gasteiger partial charge >= 0.3 is 17.9 Å². The van der Waals surface area contributed by atoms with Gasteiger partial charge in [0.25, 0.3) is 0 Å². The highest BCUT2D eigenvalue weighted by atomic mass is 32.1. The Balaban J connectivity index is 2.12. The second-order valence-corrected chi connectivity index (χ2v) is 4.14. The third-order valence-corrected chi connectivity index (χ3v) is 2.80. The van der Waals surface area contributed by atoms with Gasteiger partial charge in [-0.1, -0.05) is 6.07 Å². The molecule has 0 spiro atoms. The van der Waals surface area contributed by atoms with Crippen LogP contribution in [0, 0.1) is 0 Å². The number of nitrogens with zero attached hydrogens (tertiary/aromatic N) is 2. The molecule has 88 valence electrons. The molecular weight excluding hydrogens is 244 g/mol. The Morgan fingerprint density at radius 2 is 2.35 bits per heavy atom. The first kappa shape index (κ1) is 11.3. The zero-order valence-corrected chi connectivity index (χ0v) is 9.38. The van der Waals surface area contributed by atoms with Crippen molar-refractivity contribution < 1.29 is 19.4 Å². The van der Waals surface area contributed by atoms with Gasteiger partial charge in [-0.25, -0.2) is 14.6 Å². The number of aliphatic carboxylic acids is 1. The van der Waals surface area contributed by atoms with E-state index in [0.717, 1.165) is 4.88 Å². The first-order chi connectivity index (χ1) is 8.16. The predicted molar refractivity (Wildman–Crippen MR) is 58.9 cm³/mol. The number of rotatable bonds is 3. The van der Waals surface area contributed by atoms with Gasteiger partial charge in [0.15, 0.2) is 0 Å². The molecular formula is C10H8N2O4S. The maximum atomic E-state index is 10.9. The summed E-state index contributed by atoms with van der Waals surface area (Å²) in [7, 11) is 0. The van der Waals surface area contributed by atoms with Crippen LogP contribution in [0.25, 0.3) is 0 Å². The van der Waals surface area contributed by atoms with Gasteiger partial charge in [0.1, 0.15) is 0 Å². The molecule has 2 aromatic heterocycles. The molecule has 0 aliphatic rings. The van der Waals surface area contributed by atoms with Crippen LogP contribution in [0.15, 0.2) is 29.9 Å². The van der Waals surface area contributed by atoms with E-state index in [0.29, 0.717) is 6.54 Å². The minimum atomic E-state index is -1.64. The molecule has 7 heteroatoms. The Labute approximate surface area is 100 Å². The summed E-state index contributed by atoms with van der Waals surface area (Å²) in [6, 6.07) is 3.80. The van der Waals surface area contributed by atoms with Crippen molar-refractivity contribution in [2.45, 2.75) is 6.54 Å². The number of hydrogen-bond acceptors (Lipinski definition) is 5. The molecule has 0 saturated carbocycles. The molecule has 0 radical (unpaired) electrons. The summed E-state index contributed by atoms with van der Waals surface area (Å²) in [5.74, 6) is -2.99. The number of imidazole rings is 1. The fraction of sp³-hybridized carbons (Fsp3) is 0.100. The fourth-order valence-corrected chi connectivity index (χ4v) is 1.92. The van der Waals surface area contributed by atoms with Crippen LogP contribution in [0.5, 0.6) is 6.01 Å². The Bertz CT molecular complexity index is 532. The molecule has 2 aromatic rings. The lowest BCUT2D eigenvalue weighted by Gasteiger charge is -2.04. The Morgan fingerprint density at radius 1 is 1.53 bits per heavy atom. The summed E-state index contributed by atoms with van der Waals surface area (Å²) >= 11 is 1.55. The molecule has 0 aliphatic heterocycles. The normalized spacial score (nSPS) is 10.1. The maximum Gasteiger partial charge on any atom is 0.425 e. The summed E-state index contributed by atoms with van der Waals surface area (Å²) in [6.45, 7) is 0.486. The van der Waals surface area contributed by atoms with Crippen LogP contribution in [-0.4, -0.2) is 26.6 Å². The summed E-state index contributed by atoms with van der Waals surface area (Å²) in [4.78, 5) is 26.1. The van der Waals surface area contributed by atoms with Crippen molar-refractivity contribution in [1.29, 1.82) is 0 Å². The molecule has 0 saturated heterocycles. The zero-order valence-electron chi connectivity index (χ0n) is 8.57. The van der Waals surface area contributed by atoms with Crippen LogP contribution in [0.2, 0.25) is 0 Å². The van der Waals surface area contributed by atoms with E-state index in [1.807, 2.05) is 17.5 Å². The number of hydrogen-bond donors (Lipinski definition) is 1. The summed E-state index contributed by atoms with van der Waals surface area (Å²) < 4.78 is 6.18. The van der Waals surface area contributed by atoms with Gasteiger partial charge in [-0.15, -0.1) is 11.3 Å². The van der Waals surface area contributed by atoms with Gasteiger partial charge < -0.3 is 9.84 Å². The van der Waals surface area contributed by atoms with Crippen LogP contribution in [0.4, 0.5) is 0 Å². The summed E-state index contributed by atoms with van der Waals surface area (Å²) in [5, 5.41) is 10.3. The van der Waals surface area contributed by atoms with E-state index >= 15 is 0 Å². The number of carbonyl (C=O) groups is 2. The topological polar surface area (TPSA) is 81.4 Å². The average Bonchev–Trinajstić information content (AvgIpc) is 2.91. The van der Waals surface area contributed by atoms with Crippen molar-refractivity contribution in [2.24, 2.45) is 0 Å². The molecule has 0 atom stereocenters. The number of carboxylic acid groups (broad SMARTS) is 1. The quantitative estimate of drug-likeness (QED) is 0.650. The van der Waals surface area contributed by atoms with Crippen molar-refractivity contribution in [3.63, 3.8) is 0 Å². The van der Waals surface area contributed by atoms with Crippen LogP contribution in [0.1, 0.15) is 4.88 Å². The minimum absolute atomic E-state index is 0.0224. The first-order valence-electron chi connectivity index (χ1n) is 4.65. The molecule has 0 aliphatic carbocycles. The number of carbonyl (C=O) groups excluding carboxylic acids is 1. The second kappa shape index (κ2) is 4.79. The molecule has 0 amide bonds. The SMILES string of the molecule is O=C(O)C(=O)Oc1nccn1Cc1cccs1. The number of esters is 1. The van der Waals surface area contributed by atoms with Crippen molar-refractivity contribution in [3.05, 3.63) is 34.8 Å². The van der Waals surface area contributed by atoms with E-state index in [4.69, 9.17) is 5.11 Å². The molecule has 0 fully saturated rings. The Hall–Kier alpha value is -2.15. The molecule has 2 rings (SSSR count). The van der Waals surface area contributed by atoms with Crippen molar-refractivity contribution in [1.82, 2.24) is 9.55 Å². The third-order valence-electron chi connectivity index (χ3n) is 1.94. The lowest BCUT2D eigenvalue weighted by molar-refractivity contribution is -0.158. The lowest BCUT2D eigenvalue weighted by Crippen LogP contribution is -2.21. The van der Waals surface area contributed by atoms with E-state index in [1.165, 1.54) is 6.20 Å². The van der Waals surface area contributed by atoms with Crippen LogP contribution >= 0.6 is 11.3 Å². The number of carboxylic acids is 1. The molecule has 0 aromatic carbocycles. The molecule has 17 heavy (non-hydrogen) atoms. The van der Waals surface area contributed by atoms with Crippen LogP contribution in [0.3, 0.4) is 0 Å². The smallest absolute Gasteiger partial charge is 0.425 e. The van der Waals surface area contributed by atoms with Gasteiger partial charge in [0.2, 0.25) is 0 Å². The van der Waals surface area contributed by atoms with Crippen LogP contribution < -0.4 is 4.74 Å². The summed E-state index contributed by atoms with van der Waals surface area (Å²) in [6.07, 6.45) is 3.06. The largest absolute Gasteiger partial charge is 0.473 e. The van der Waals surface area contributed by atoms with Crippen molar-refractivity contribution in [3.8, 4) is 6.01 Å². The third kappa shape index (κ3) is 2.70. The molecule has 2 heterocycles. The van der Waals surface area contributed by atoms with E-state index < -0.39 is 11.9 Å². The Kier molecular flexibility index (Phi) is 3.20. The summed E-state index contributed by atoms with van der Waals surface area (Å²) in [5.41, 5.74) is 0. The number of aromatic nitrogens is 2. The highest BCUT2D eigenvalue weighted by Crippen LogP contribution is 2.15. The van der Waals surface area contributed by atoms with E-state index in [9.17, 15) is 9.59 Å². The Morgan fingerprint density at radius 3 is 3.00 bits per heavy atom. The molecule has 0 unspecified atom stereocenters. The highest BCUT2D eigenvalue weighted by Gasteiger charge is 2.17. The predicted octanol–water partition coefficient (Wildman–Crippen LogP) is 0.983. The van der Waals surface area contributed by atoms with Gasteiger partial charge in [-0.05, 0) is 11.4 Å². The number of ether oxygens (including phenoxy) is 1.